The molecule has 0 radical (unpaired) electrons. The normalized spacial score (nSPS) is 16.0. The van der Waals surface area contributed by atoms with Gasteiger partial charge in [-0.25, -0.2) is 31.9 Å². The quantitative estimate of drug-likeness (QED) is 0.859. The van der Waals surface area contributed by atoms with E-state index in [1.807, 2.05) is 4.90 Å². The maximum Gasteiger partial charge on any atom is 0.240 e. The average molecular weight is 382 g/mol. The number of hydrogen-bond acceptors (Lipinski definition) is 5. The number of aryl methyl sites for hydroxylation is 1. The Balaban J connectivity index is 1.55. The van der Waals surface area contributed by atoms with Gasteiger partial charge in [-0.3, -0.25) is 0 Å². The third kappa shape index (κ3) is 4.34. The number of rotatable bonds is 5. The molecule has 26 heavy (non-hydrogen) atoms. The summed E-state index contributed by atoms with van der Waals surface area (Å²) in [5, 5.41) is 0. The molecule has 0 bridgehead atoms. The summed E-state index contributed by atoms with van der Waals surface area (Å²) in [6.07, 6.45) is 3.80. The minimum Gasteiger partial charge on any atom is -0.341 e. The Hall–Kier alpha value is -2.13. The van der Waals surface area contributed by atoms with Crippen LogP contribution in [0.5, 0.6) is 0 Å². The first kappa shape index (κ1) is 18.7. The first-order valence-electron chi connectivity index (χ1n) is 8.33. The van der Waals surface area contributed by atoms with Crippen molar-refractivity contribution >= 4 is 16.0 Å². The lowest BCUT2D eigenvalue weighted by atomic mass is 9.97. The minimum absolute atomic E-state index is 0.0936. The van der Waals surface area contributed by atoms with E-state index in [-0.39, 0.29) is 10.8 Å². The summed E-state index contributed by atoms with van der Waals surface area (Å²) in [7, 11) is -3.67. The van der Waals surface area contributed by atoms with Crippen LogP contribution in [-0.4, -0.2) is 38.0 Å². The highest BCUT2D eigenvalue weighted by atomic mass is 32.2. The van der Waals surface area contributed by atoms with Gasteiger partial charge in [0.2, 0.25) is 16.0 Å². The smallest absolute Gasteiger partial charge is 0.240 e. The third-order valence-corrected chi connectivity index (χ3v) is 6.08. The molecular formula is C17H20F2N4O2S. The van der Waals surface area contributed by atoms with Crippen LogP contribution in [0.25, 0.3) is 0 Å². The van der Waals surface area contributed by atoms with Crippen LogP contribution in [0, 0.1) is 24.5 Å². The molecule has 9 heteroatoms. The molecule has 1 saturated heterocycles. The lowest BCUT2D eigenvalue weighted by molar-refractivity contribution is 0.398. The zero-order valence-electron chi connectivity index (χ0n) is 14.3. The summed E-state index contributed by atoms with van der Waals surface area (Å²) in [6, 6.07) is 3.62. The highest BCUT2D eigenvalue weighted by Crippen LogP contribution is 2.21. The summed E-state index contributed by atoms with van der Waals surface area (Å²) < 4.78 is 53.5. The van der Waals surface area contributed by atoms with Crippen LogP contribution < -0.4 is 9.62 Å². The van der Waals surface area contributed by atoms with E-state index in [0.29, 0.717) is 31.1 Å². The molecule has 6 nitrogen and oxygen atoms in total. The van der Waals surface area contributed by atoms with Gasteiger partial charge < -0.3 is 4.90 Å². The highest BCUT2D eigenvalue weighted by Gasteiger charge is 2.24. The van der Waals surface area contributed by atoms with Crippen molar-refractivity contribution in [2.75, 3.05) is 24.5 Å². The predicted octanol–water partition coefficient (Wildman–Crippen LogP) is 2.26. The predicted molar refractivity (Wildman–Crippen MR) is 93.3 cm³/mol. The van der Waals surface area contributed by atoms with Crippen molar-refractivity contribution in [2.24, 2.45) is 5.92 Å². The molecule has 0 amide bonds. The maximum atomic E-state index is 13.2. The fourth-order valence-corrected chi connectivity index (χ4v) is 4.37. The van der Waals surface area contributed by atoms with E-state index in [1.54, 1.807) is 6.92 Å². The van der Waals surface area contributed by atoms with Gasteiger partial charge in [0.25, 0.3) is 0 Å². The molecule has 1 aromatic carbocycles. The summed E-state index contributed by atoms with van der Waals surface area (Å²) in [5.74, 6) is -0.277. The van der Waals surface area contributed by atoms with Crippen molar-refractivity contribution in [3.8, 4) is 0 Å². The standard InChI is InChI=1S/C17H20F2N4O2S/c1-12-8-14(18)2-3-16(12)26(24,25)22-9-13-4-6-23(7-5-13)17-20-10-15(19)11-21-17/h2-3,8,10-11,13,22H,4-7,9H2,1H3. The van der Waals surface area contributed by atoms with E-state index in [9.17, 15) is 17.2 Å². The van der Waals surface area contributed by atoms with Crippen LogP contribution in [0.15, 0.2) is 35.5 Å². The maximum absolute atomic E-state index is 13.2. The number of benzene rings is 1. The van der Waals surface area contributed by atoms with Gasteiger partial charge in [0.1, 0.15) is 5.82 Å². The zero-order valence-corrected chi connectivity index (χ0v) is 15.1. The summed E-state index contributed by atoms with van der Waals surface area (Å²) >= 11 is 0. The molecule has 1 N–H and O–H groups in total. The van der Waals surface area contributed by atoms with Crippen molar-refractivity contribution < 1.29 is 17.2 Å². The summed E-state index contributed by atoms with van der Waals surface area (Å²) in [4.78, 5) is 9.98. The zero-order chi connectivity index (χ0) is 18.7. The highest BCUT2D eigenvalue weighted by molar-refractivity contribution is 7.89. The van der Waals surface area contributed by atoms with Gasteiger partial charge in [-0.2, -0.15) is 0 Å². The molecule has 0 saturated carbocycles. The van der Waals surface area contributed by atoms with E-state index >= 15 is 0 Å². The number of piperidine rings is 1. The van der Waals surface area contributed by atoms with Crippen molar-refractivity contribution in [1.29, 1.82) is 0 Å². The van der Waals surface area contributed by atoms with Crippen LogP contribution in [0.2, 0.25) is 0 Å². The number of nitrogens with zero attached hydrogens (tertiary/aromatic N) is 3. The molecule has 1 aliphatic rings. The van der Waals surface area contributed by atoms with Gasteiger partial charge in [0, 0.05) is 19.6 Å². The van der Waals surface area contributed by atoms with E-state index < -0.39 is 21.7 Å². The second kappa shape index (κ2) is 7.63. The Kier molecular flexibility index (Phi) is 5.47. The number of sulfonamides is 1. The number of anilines is 1. The van der Waals surface area contributed by atoms with Gasteiger partial charge in [-0.15, -0.1) is 0 Å². The number of hydrogen-bond donors (Lipinski definition) is 1. The van der Waals surface area contributed by atoms with Gasteiger partial charge in [0.05, 0.1) is 17.3 Å². The number of aromatic nitrogens is 2. The average Bonchev–Trinajstić information content (AvgIpc) is 2.61. The van der Waals surface area contributed by atoms with Crippen molar-refractivity contribution in [1.82, 2.24) is 14.7 Å². The van der Waals surface area contributed by atoms with Crippen LogP contribution in [-0.2, 0) is 10.0 Å². The van der Waals surface area contributed by atoms with Gasteiger partial charge in [-0.05, 0) is 49.4 Å². The van der Waals surface area contributed by atoms with Crippen molar-refractivity contribution in [2.45, 2.75) is 24.7 Å². The summed E-state index contributed by atoms with van der Waals surface area (Å²) in [6.45, 7) is 3.23. The fraction of sp³-hybridized carbons (Fsp3) is 0.412. The fourth-order valence-electron chi connectivity index (χ4n) is 3.03. The minimum atomic E-state index is -3.67. The third-order valence-electron chi connectivity index (χ3n) is 4.49. The first-order valence-corrected chi connectivity index (χ1v) is 9.82. The Morgan fingerprint density at radius 3 is 2.42 bits per heavy atom. The molecule has 1 aliphatic heterocycles. The van der Waals surface area contributed by atoms with E-state index in [1.165, 1.54) is 12.1 Å². The lowest BCUT2D eigenvalue weighted by Gasteiger charge is -2.31. The SMILES string of the molecule is Cc1cc(F)ccc1S(=O)(=O)NCC1CCN(c2ncc(F)cn2)CC1. The molecule has 3 rings (SSSR count). The number of halogens is 2. The largest absolute Gasteiger partial charge is 0.341 e. The van der Waals surface area contributed by atoms with E-state index in [2.05, 4.69) is 14.7 Å². The Bertz CT molecular complexity index is 867. The molecular weight excluding hydrogens is 362 g/mol. The molecule has 1 fully saturated rings. The van der Waals surface area contributed by atoms with Crippen LogP contribution in [0.1, 0.15) is 18.4 Å². The second-order valence-electron chi connectivity index (χ2n) is 6.39. The van der Waals surface area contributed by atoms with Crippen molar-refractivity contribution in [3.05, 3.63) is 47.8 Å². The number of nitrogens with one attached hydrogen (secondary N) is 1. The van der Waals surface area contributed by atoms with Crippen LogP contribution in [0.3, 0.4) is 0 Å². The van der Waals surface area contributed by atoms with Gasteiger partial charge in [-0.1, -0.05) is 0 Å². The first-order chi connectivity index (χ1) is 12.3. The Labute approximate surface area is 151 Å². The monoisotopic (exact) mass is 382 g/mol. The Morgan fingerprint density at radius 2 is 1.81 bits per heavy atom. The van der Waals surface area contributed by atoms with E-state index in [4.69, 9.17) is 0 Å². The molecule has 2 heterocycles. The molecule has 2 aromatic rings. The molecule has 140 valence electrons. The molecule has 0 unspecified atom stereocenters. The van der Waals surface area contributed by atoms with Crippen LogP contribution >= 0.6 is 0 Å². The molecule has 0 spiro atoms. The lowest BCUT2D eigenvalue weighted by Crippen LogP contribution is -2.39. The topological polar surface area (TPSA) is 75.2 Å². The van der Waals surface area contributed by atoms with Gasteiger partial charge >= 0.3 is 0 Å². The van der Waals surface area contributed by atoms with Crippen LogP contribution in [0.4, 0.5) is 14.7 Å². The van der Waals surface area contributed by atoms with Crippen molar-refractivity contribution in [3.63, 3.8) is 0 Å². The Morgan fingerprint density at radius 1 is 1.15 bits per heavy atom. The molecule has 0 atom stereocenters. The van der Waals surface area contributed by atoms with E-state index in [0.717, 1.165) is 31.3 Å². The summed E-state index contributed by atoms with van der Waals surface area (Å²) in [5.41, 5.74) is 0.376. The molecule has 0 aliphatic carbocycles. The second-order valence-corrected chi connectivity index (χ2v) is 8.13. The molecule has 1 aromatic heterocycles. The van der Waals surface area contributed by atoms with Gasteiger partial charge in [0.15, 0.2) is 5.82 Å².